The average Bonchev–Trinajstić information content (AvgIpc) is 3.09. The first-order chi connectivity index (χ1) is 12.4. The Labute approximate surface area is 152 Å². The first-order valence-corrected chi connectivity index (χ1v) is 8.56. The monoisotopic (exact) mass is 358 g/mol. The van der Waals surface area contributed by atoms with Crippen LogP contribution in [0.3, 0.4) is 0 Å². The second-order valence-corrected chi connectivity index (χ2v) is 6.29. The average molecular weight is 358 g/mol. The van der Waals surface area contributed by atoms with E-state index >= 15 is 0 Å². The normalized spacial score (nSPS) is 14.9. The number of esters is 1. The van der Waals surface area contributed by atoms with Gasteiger partial charge in [0.05, 0.1) is 19.1 Å². The van der Waals surface area contributed by atoms with Crippen LogP contribution in [-0.2, 0) is 14.3 Å². The number of nitrogens with one attached hydrogen (secondary N) is 1. The Morgan fingerprint density at radius 1 is 1.19 bits per heavy atom. The van der Waals surface area contributed by atoms with E-state index in [-0.39, 0.29) is 18.8 Å². The van der Waals surface area contributed by atoms with E-state index < -0.39 is 24.0 Å². The lowest BCUT2D eigenvalue weighted by Gasteiger charge is -2.21. The Hall–Kier alpha value is -2.88. The van der Waals surface area contributed by atoms with E-state index in [1.807, 2.05) is 0 Å². The second kappa shape index (κ2) is 8.99. The van der Waals surface area contributed by atoms with Gasteiger partial charge in [-0.05, 0) is 56.9 Å². The van der Waals surface area contributed by atoms with E-state index in [1.165, 1.54) is 6.92 Å². The molecule has 26 heavy (non-hydrogen) atoms. The highest BCUT2D eigenvalue weighted by atomic mass is 16.5. The van der Waals surface area contributed by atoms with E-state index in [2.05, 4.69) is 11.4 Å². The molecule has 0 heterocycles. The molecule has 0 aromatic heterocycles. The second-order valence-electron chi connectivity index (χ2n) is 6.29. The molecule has 138 valence electrons. The van der Waals surface area contributed by atoms with Gasteiger partial charge >= 0.3 is 5.97 Å². The lowest BCUT2D eigenvalue weighted by Crippen LogP contribution is -2.46. The van der Waals surface area contributed by atoms with Crippen LogP contribution in [0.25, 0.3) is 0 Å². The quantitative estimate of drug-likeness (QED) is 0.564. The van der Waals surface area contributed by atoms with Gasteiger partial charge in [0, 0.05) is 5.56 Å². The lowest BCUT2D eigenvalue weighted by atomic mass is 10.00. The third kappa shape index (κ3) is 5.59. The molecule has 1 saturated carbocycles. The molecular formula is C19H22N2O5. The van der Waals surface area contributed by atoms with Crippen LogP contribution in [-0.4, -0.2) is 36.4 Å². The summed E-state index contributed by atoms with van der Waals surface area (Å²) in [5, 5.41) is 11.9. The van der Waals surface area contributed by atoms with Crippen LogP contribution >= 0.6 is 0 Å². The summed E-state index contributed by atoms with van der Waals surface area (Å²) < 4.78 is 10.3. The van der Waals surface area contributed by atoms with Crippen molar-refractivity contribution in [1.82, 2.24) is 5.32 Å². The summed E-state index contributed by atoms with van der Waals surface area (Å²) in [6.45, 7) is 1.17. The fourth-order valence-electron chi connectivity index (χ4n) is 2.80. The number of nitriles is 1. The smallest absolute Gasteiger partial charge is 0.309 e. The number of benzene rings is 1. The van der Waals surface area contributed by atoms with Gasteiger partial charge in [-0.1, -0.05) is 0 Å². The summed E-state index contributed by atoms with van der Waals surface area (Å²) in [6, 6.07) is 8.74. The van der Waals surface area contributed by atoms with E-state index in [4.69, 9.17) is 9.47 Å². The lowest BCUT2D eigenvalue weighted by molar-refractivity contribution is -0.149. The van der Waals surface area contributed by atoms with Gasteiger partial charge in [0.2, 0.25) is 0 Å². The zero-order valence-corrected chi connectivity index (χ0v) is 14.7. The fourth-order valence-corrected chi connectivity index (χ4v) is 2.80. The summed E-state index contributed by atoms with van der Waals surface area (Å²) in [7, 11) is 0. The van der Waals surface area contributed by atoms with Crippen molar-refractivity contribution in [3.05, 3.63) is 29.8 Å². The van der Waals surface area contributed by atoms with Crippen molar-refractivity contribution >= 4 is 17.7 Å². The van der Waals surface area contributed by atoms with E-state index in [1.54, 1.807) is 24.3 Å². The molecule has 0 unspecified atom stereocenters. The topological polar surface area (TPSA) is 105 Å². The van der Waals surface area contributed by atoms with Crippen molar-refractivity contribution in [2.75, 3.05) is 13.2 Å². The maximum absolute atomic E-state index is 11.9. The van der Waals surface area contributed by atoms with Gasteiger partial charge in [-0.2, -0.15) is 5.26 Å². The van der Waals surface area contributed by atoms with Crippen LogP contribution in [0.4, 0.5) is 0 Å². The number of carbonyl (C=O) groups is 3. The number of ketones is 1. The first-order valence-electron chi connectivity index (χ1n) is 8.56. The van der Waals surface area contributed by atoms with Crippen LogP contribution < -0.4 is 10.1 Å². The maximum atomic E-state index is 11.9. The molecule has 0 bridgehead atoms. The number of Topliss-reactive ketones (excluding diaryl/α,β-unsaturated/α-hetero) is 1. The van der Waals surface area contributed by atoms with Crippen molar-refractivity contribution in [3.63, 3.8) is 0 Å². The van der Waals surface area contributed by atoms with E-state index in [0.717, 1.165) is 12.8 Å². The molecule has 0 radical (unpaired) electrons. The van der Waals surface area contributed by atoms with Gasteiger partial charge in [-0.3, -0.25) is 14.4 Å². The summed E-state index contributed by atoms with van der Waals surface area (Å²) in [5.41, 5.74) is -0.237. The number of ether oxygens (including phenoxy) is 2. The SMILES string of the molecule is CC(=O)c1ccc(OCCC(=O)OCC(=O)NC2(C#N)CCCC2)cc1. The van der Waals surface area contributed by atoms with Crippen molar-refractivity contribution in [1.29, 1.82) is 5.26 Å². The number of rotatable bonds is 8. The van der Waals surface area contributed by atoms with Crippen molar-refractivity contribution in [2.24, 2.45) is 0 Å². The fraction of sp³-hybridized carbons (Fsp3) is 0.474. The minimum Gasteiger partial charge on any atom is -0.493 e. The third-order valence-electron chi connectivity index (χ3n) is 4.25. The molecule has 1 fully saturated rings. The number of hydrogen-bond donors (Lipinski definition) is 1. The molecule has 1 amide bonds. The summed E-state index contributed by atoms with van der Waals surface area (Å²) in [6.07, 6.45) is 3.04. The van der Waals surface area contributed by atoms with Crippen molar-refractivity contribution < 1.29 is 23.9 Å². The molecule has 2 rings (SSSR count). The molecule has 7 heteroatoms. The number of hydrogen-bond acceptors (Lipinski definition) is 6. The maximum Gasteiger partial charge on any atom is 0.309 e. The largest absolute Gasteiger partial charge is 0.493 e. The highest BCUT2D eigenvalue weighted by molar-refractivity contribution is 5.94. The Kier molecular flexibility index (Phi) is 6.73. The van der Waals surface area contributed by atoms with Gasteiger partial charge in [0.1, 0.15) is 11.3 Å². The summed E-state index contributed by atoms with van der Waals surface area (Å²) in [5.74, 6) is -0.521. The molecule has 1 aliphatic rings. The van der Waals surface area contributed by atoms with Crippen LogP contribution in [0.5, 0.6) is 5.75 Å². The van der Waals surface area contributed by atoms with E-state index in [0.29, 0.717) is 24.2 Å². The number of amides is 1. The summed E-state index contributed by atoms with van der Waals surface area (Å²) >= 11 is 0. The van der Waals surface area contributed by atoms with Gasteiger partial charge in [0.25, 0.3) is 5.91 Å². The van der Waals surface area contributed by atoms with Crippen molar-refractivity contribution in [2.45, 2.75) is 44.6 Å². The zero-order valence-electron chi connectivity index (χ0n) is 14.7. The molecule has 1 aromatic rings. The van der Waals surface area contributed by atoms with Gasteiger partial charge in [0.15, 0.2) is 12.4 Å². The Morgan fingerprint density at radius 2 is 1.85 bits per heavy atom. The Bertz CT molecular complexity index is 700. The number of nitrogens with zero attached hydrogens (tertiary/aromatic N) is 1. The first kappa shape index (κ1) is 19.4. The molecule has 1 aromatic carbocycles. The van der Waals surface area contributed by atoms with Crippen LogP contribution in [0.15, 0.2) is 24.3 Å². The van der Waals surface area contributed by atoms with Crippen LogP contribution in [0, 0.1) is 11.3 Å². The molecule has 1 aliphatic carbocycles. The molecule has 1 N–H and O–H groups in total. The minimum atomic E-state index is -0.821. The van der Waals surface area contributed by atoms with Gasteiger partial charge in [-0.15, -0.1) is 0 Å². The Morgan fingerprint density at radius 3 is 2.42 bits per heavy atom. The predicted octanol–water partition coefficient (Wildman–Crippen LogP) is 2.15. The highest BCUT2D eigenvalue weighted by Gasteiger charge is 2.35. The zero-order chi connectivity index (χ0) is 19.0. The van der Waals surface area contributed by atoms with Crippen molar-refractivity contribution in [3.8, 4) is 11.8 Å². The van der Waals surface area contributed by atoms with Gasteiger partial charge < -0.3 is 14.8 Å². The molecule has 0 spiro atoms. The molecule has 7 nitrogen and oxygen atoms in total. The number of carbonyl (C=O) groups excluding carboxylic acids is 3. The van der Waals surface area contributed by atoms with Crippen LogP contribution in [0.2, 0.25) is 0 Å². The van der Waals surface area contributed by atoms with E-state index in [9.17, 15) is 19.6 Å². The molecule has 0 atom stereocenters. The van der Waals surface area contributed by atoms with Crippen LogP contribution in [0.1, 0.15) is 49.4 Å². The highest BCUT2D eigenvalue weighted by Crippen LogP contribution is 2.28. The van der Waals surface area contributed by atoms with Gasteiger partial charge in [-0.25, -0.2) is 0 Å². The molecule has 0 saturated heterocycles. The third-order valence-corrected chi connectivity index (χ3v) is 4.25. The molecule has 0 aliphatic heterocycles. The standard InChI is InChI=1S/C19H22N2O5/c1-14(22)15-4-6-16(7-5-15)25-11-8-18(24)26-12-17(23)21-19(13-20)9-2-3-10-19/h4-7H,2-3,8-12H2,1H3,(H,21,23). The summed E-state index contributed by atoms with van der Waals surface area (Å²) in [4.78, 5) is 34.7. The minimum absolute atomic E-state index is 0.00880. The molecular weight excluding hydrogens is 336 g/mol. The Balaban J connectivity index is 1.66. The predicted molar refractivity (Wildman–Crippen MR) is 92.5 cm³/mol.